The van der Waals surface area contributed by atoms with Gasteiger partial charge in [0.1, 0.15) is 11.6 Å². The second-order valence-electron chi connectivity index (χ2n) is 12.2. The number of benzene rings is 1. The fourth-order valence-electron chi connectivity index (χ4n) is 4.76. The predicted octanol–water partition coefficient (Wildman–Crippen LogP) is 3.49. The van der Waals surface area contributed by atoms with Crippen molar-refractivity contribution < 1.29 is 18.3 Å². The number of pyridine rings is 1. The number of aromatic nitrogens is 1. The molecule has 2 fully saturated rings. The normalized spacial score (nSPS) is 17.6. The van der Waals surface area contributed by atoms with Crippen LogP contribution in [-0.4, -0.2) is 55.2 Å². The van der Waals surface area contributed by atoms with Crippen LogP contribution in [0.3, 0.4) is 0 Å². The molecule has 10 heteroatoms. The lowest BCUT2D eigenvalue weighted by molar-refractivity contribution is 0.100. The molecule has 1 saturated heterocycles. The lowest BCUT2D eigenvalue weighted by atomic mass is 9.93. The van der Waals surface area contributed by atoms with Crippen molar-refractivity contribution in [1.82, 2.24) is 9.71 Å². The molecule has 0 unspecified atom stereocenters. The van der Waals surface area contributed by atoms with Gasteiger partial charge in [0, 0.05) is 24.2 Å². The summed E-state index contributed by atoms with van der Waals surface area (Å²) in [7, 11) is -3.79. The van der Waals surface area contributed by atoms with Crippen LogP contribution in [0.4, 0.5) is 11.6 Å². The van der Waals surface area contributed by atoms with Crippen molar-refractivity contribution in [2.75, 3.05) is 29.9 Å². The van der Waals surface area contributed by atoms with Crippen molar-refractivity contribution in [2.45, 2.75) is 76.3 Å². The van der Waals surface area contributed by atoms with Crippen LogP contribution >= 0.6 is 0 Å². The van der Waals surface area contributed by atoms with Gasteiger partial charge >= 0.3 is 0 Å². The molecule has 4 rings (SSSR count). The molecule has 1 spiro atoms. The number of aliphatic hydroxyl groups excluding tert-OH is 1. The van der Waals surface area contributed by atoms with Crippen molar-refractivity contribution in [3.8, 4) is 11.1 Å². The number of sulfonamides is 1. The SMILES string of the molecule is CC(C)(C)NS(=O)(=O)c1cccc(-c2cc(C(N)=O)c(N3CCC4(CC3)CC4)nc2NC(C)(C)CO)c1. The zero-order valence-electron chi connectivity index (χ0n) is 22.4. The Morgan fingerprint density at radius 2 is 1.76 bits per heavy atom. The van der Waals surface area contributed by atoms with Crippen LogP contribution in [0.5, 0.6) is 0 Å². The van der Waals surface area contributed by atoms with Gasteiger partial charge in [-0.1, -0.05) is 12.1 Å². The first-order chi connectivity index (χ1) is 17.1. The van der Waals surface area contributed by atoms with E-state index in [4.69, 9.17) is 10.7 Å². The first-order valence-corrected chi connectivity index (χ1v) is 14.3. The number of carbonyl (C=O) groups is 1. The van der Waals surface area contributed by atoms with E-state index in [9.17, 15) is 18.3 Å². The van der Waals surface area contributed by atoms with Crippen molar-refractivity contribution in [2.24, 2.45) is 11.1 Å². The number of primary amides is 1. The molecule has 1 saturated carbocycles. The van der Waals surface area contributed by atoms with Crippen LogP contribution in [0.15, 0.2) is 35.2 Å². The van der Waals surface area contributed by atoms with Crippen LogP contribution in [0.25, 0.3) is 11.1 Å². The van der Waals surface area contributed by atoms with Gasteiger partial charge in [-0.3, -0.25) is 4.79 Å². The molecule has 9 nitrogen and oxygen atoms in total. The summed E-state index contributed by atoms with van der Waals surface area (Å²) in [5.41, 5.74) is 6.30. The lowest BCUT2D eigenvalue weighted by Crippen LogP contribution is -2.40. The molecule has 1 aliphatic heterocycles. The summed E-state index contributed by atoms with van der Waals surface area (Å²) in [6.45, 7) is 10.4. The number of nitrogens with two attached hydrogens (primary N) is 1. The molecule has 5 N–H and O–H groups in total. The fourth-order valence-corrected chi connectivity index (χ4v) is 6.23. The van der Waals surface area contributed by atoms with E-state index in [1.165, 1.54) is 18.9 Å². The van der Waals surface area contributed by atoms with E-state index in [0.29, 0.717) is 28.2 Å². The van der Waals surface area contributed by atoms with E-state index >= 15 is 0 Å². The number of piperidine rings is 1. The number of rotatable bonds is 8. The highest BCUT2D eigenvalue weighted by Crippen LogP contribution is 2.54. The van der Waals surface area contributed by atoms with E-state index in [2.05, 4.69) is 14.9 Å². The highest BCUT2D eigenvalue weighted by molar-refractivity contribution is 7.89. The Bertz CT molecular complexity index is 1290. The number of aliphatic hydroxyl groups is 1. The van der Waals surface area contributed by atoms with Gasteiger partial charge in [0.05, 0.1) is 22.6 Å². The molecule has 1 aromatic carbocycles. The quantitative estimate of drug-likeness (QED) is 0.411. The molecule has 1 amide bonds. The summed E-state index contributed by atoms with van der Waals surface area (Å²) in [4.78, 5) is 19.7. The average Bonchev–Trinajstić information content (AvgIpc) is 3.56. The minimum atomic E-state index is -3.79. The van der Waals surface area contributed by atoms with Gasteiger partial charge in [0.25, 0.3) is 5.91 Å². The molecule has 37 heavy (non-hydrogen) atoms. The van der Waals surface area contributed by atoms with E-state index in [-0.39, 0.29) is 17.1 Å². The summed E-state index contributed by atoms with van der Waals surface area (Å²) >= 11 is 0. The Labute approximate surface area is 219 Å². The Morgan fingerprint density at radius 1 is 1.11 bits per heavy atom. The Hall–Kier alpha value is -2.69. The molecule has 1 aromatic heterocycles. The standard InChI is InChI=1S/C27H39N5O4S/c1-25(2,3)31-37(35,36)19-8-6-7-18(15-19)20-16-21(22(28)34)24(29-23(20)30-26(4,5)17-33)32-13-11-27(9-10-27)12-14-32/h6-8,15-16,31,33H,9-14,17H2,1-5H3,(H2,28,34)(H,29,30). The van der Waals surface area contributed by atoms with E-state index < -0.39 is 27.0 Å². The van der Waals surface area contributed by atoms with Crippen molar-refractivity contribution in [3.05, 3.63) is 35.9 Å². The number of carbonyl (C=O) groups excluding carboxylic acids is 1. The summed E-state index contributed by atoms with van der Waals surface area (Å²) < 4.78 is 28.7. The fraction of sp³-hybridized carbons (Fsp3) is 0.556. The molecule has 1 aliphatic carbocycles. The topological polar surface area (TPSA) is 138 Å². The lowest BCUT2D eigenvalue weighted by Gasteiger charge is -2.35. The van der Waals surface area contributed by atoms with Crippen molar-refractivity contribution >= 4 is 27.6 Å². The monoisotopic (exact) mass is 529 g/mol. The number of nitrogens with zero attached hydrogens (tertiary/aromatic N) is 2. The number of anilines is 2. The van der Waals surface area contributed by atoms with Crippen LogP contribution in [0, 0.1) is 5.41 Å². The first kappa shape index (κ1) is 27.3. The van der Waals surface area contributed by atoms with Crippen molar-refractivity contribution in [1.29, 1.82) is 0 Å². The Balaban J connectivity index is 1.82. The van der Waals surface area contributed by atoms with Gasteiger partial charge in [0.2, 0.25) is 10.0 Å². The number of hydrogen-bond donors (Lipinski definition) is 4. The molecule has 2 heterocycles. The van der Waals surface area contributed by atoms with Crippen LogP contribution in [0.1, 0.15) is 70.7 Å². The van der Waals surface area contributed by atoms with Gasteiger partial charge in [-0.05, 0) is 89.5 Å². The van der Waals surface area contributed by atoms with Gasteiger partial charge < -0.3 is 21.1 Å². The third kappa shape index (κ3) is 6.25. The maximum Gasteiger partial charge on any atom is 0.252 e. The highest BCUT2D eigenvalue weighted by atomic mass is 32.2. The summed E-state index contributed by atoms with van der Waals surface area (Å²) in [5, 5.41) is 13.2. The van der Waals surface area contributed by atoms with Gasteiger partial charge in [-0.25, -0.2) is 18.1 Å². The maximum atomic E-state index is 13.0. The smallest absolute Gasteiger partial charge is 0.252 e. The summed E-state index contributed by atoms with van der Waals surface area (Å²) in [5.74, 6) is 0.367. The zero-order chi connectivity index (χ0) is 27.2. The van der Waals surface area contributed by atoms with Crippen LogP contribution in [0.2, 0.25) is 0 Å². The number of amides is 1. The Kier molecular flexibility index (Phi) is 7.07. The van der Waals surface area contributed by atoms with E-state index in [0.717, 1.165) is 25.9 Å². The number of nitrogens with one attached hydrogen (secondary N) is 2. The average molecular weight is 530 g/mol. The first-order valence-electron chi connectivity index (χ1n) is 12.8. The van der Waals surface area contributed by atoms with Gasteiger partial charge in [0.15, 0.2) is 0 Å². The van der Waals surface area contributed by atoms with E-state index in [1.54, 1.807) is 45.0 Å². The molecule has 2 aliphatic rings. The zero-order valence-corrected chi connectivity index (χ0v) is 23.2. The van der Waals surface area contributed by atoms with Gasteiger partial charge in [-0.2, -0.15) is 0 Å². The second kappa shape index (κ2) is 9.56. The molecular formula is C27H39N5O4S. The minimum absolute atomic E-state index is 0.0998. The third-order valence-corrected chi connectivity index (χ3v) is 8.85. The predicted molar refractivity (Wildman–Crippen MR) is 146 cm³/mol. The molecule has 0 atom stereocenters. The molecular weight excluding hydrogens is 490 g/mol. The van der Waals surface area contributed by atoms with Gasteiger partial charge in [-0.15, -0.1) is 0 Å². The largest absolute Gasteiger partial charge is 0.394 e. The van der Waals surface area contributed by atoms with Crippen molar-refractivity contribution in [3.63, 3.8) is 0 Å². The Morgan fingerprint density at radius 3 is 2.30 bits per heavy atom. The maximum absolute atomic E-state index is 13.0. The highest BCUT2D eigenvalue weighted by Gasteiger charge is 2.45. The molecule has 0 bridgehead atoms. The molecule has 202 valence electrons. The summed E-state index contributed by atoms with van der Waals surface area (Å²) in [6, 6.07) is 8.20. The summed E-state index contributed by atoms with van der Waals surface area (Å²) in [6.07, 6.45) is 4.63. The third-order valence-electron chi connectivity index (χ3n) is 7.10. The molecule has 0 radical (unpaired) electrons. The molecule has 2 aromatic rings. The minimum Gasteiger partial charge on any atom is -0.394 e. The number of hydrogen-bond acceptors (Lipinski definition) is 7. The van der Waals surface area contributed by atoms with Crippen LogP contribution < -0.4 is 20.7 Å². The van der Waals surface area contributed by atoms with E-state index in [1.807, 2.05) is 13.8 Å². The van der Waals surface area contributed by atoms with Crippen LogP contribution in [-0.2, 0) is 10.0 Å². The second-order valence-corrected chi connectivity index (χ2v) is 13.8.